The molecule has 0 atom stereocenters. The van der Waals surface area contributed by atoms with E-state index in [2.05, 4.69) is 11.9 Å². The van der Waals surface area contributed by atoms with Crippen LogP contribution in [0.15, 0.2) is 22.9 Å². The van der Waals surface area contributed by atoms with E-state index < -0.39 is 0 Å². The first-order valence-electron chi connectivity index (χ1n) is 4.14. The van der Waals surface area contributed by atoms with Crippen molar-refractivity contribution in [3.63, 3.8) is 0 Å². The van der Waals surface area contributed by atoms with Crippen molar-refractivity contribution in [2.75, 3.05) is 0 Å². The maximum Gasteiger partial charge on any atom is 0.140 e. The zero-order valence-corrected chi connectivity index (χ0v) is 7.29. The second-order valence-corrected chi connectivity index (χ2v) is 2.90. The van der Waals surface area contributed by atoms with Gasteiger partial charge in [-0.3, -0.25) is 4.98 Å². The van der Waals surface area contributed by atoms with Crippen molar-refractivity contribution in [2.24, 2.45) is 0 Å². The quantitative estimate of drug-likeness (QED) is 0.642. The SMILES string of the molecule is CCc1ncc(C)c2occc12. The number of hydrogen-bond acceptors (Lipinski definition) is 2. The first-order chi connectivity index (χ1) is 5.83. The first kappa shape index (κ1) is 7.35. The number of nitrogens with zero attached hydrogens (tertiary/aromatic N) is 1. The Morgan fingerprint density at radius 3 is 3.08 bits per heavy atom. The molecular formula is C10H11NO. The number of aromatic nitrogens is 1. The fourth-order valence-corrected chi connectivity index (χ4v) is 1.43. The number of pyridine rings is 1. The lowest BCUT2D eigenvalue weighted by Gasteiger charge is -1.98. The van der Waals surface area contributed by atoms with E-state index in [9.17, 15) is 0 Å². The molecule has 0 spiro atoms. The summed E-state index contributed by atoms with van der Waals surface area (Å²) >= 11 is 0. The van der Waals surface area contributed by atoms with Gasteiger partial charge in [0.2, 0.25) is 0 Å². The molecule has 2 heteroatoms. The van der Waals surface area contributed by atoms with E-state index in [1.165, 1.54) is 0 Å². The first-order valence-corrected chi connectivity index (χ1v) is 4.14. The lowest BCUT2D eigenvalue weighted by molar-refractivity contribution is 0.612. The van der Waals surface area contributed by atoms with E-state index in [-0.39, 0.29) is 0 Å². The Balaban J connectivity index is 2.82. The van der Waals surface area contributed by atoms with Crippen LogP contribution in [-0.4, -0.2) is 4.98 Å². The molecule has 12 heavy (non-hydrogen) atoms. The van der Waals surface area contributed by atoms with Gasteiger partial charge in [0.05, 0.1) is 12.0 Å². The maximum atomic E-state index is 5.35. The topological polar surface area (TPSA) is 26.0 Å². The van der Waals surface area contributed by atoms with Crippen molar-refractivity contribution >= 4 is 11.0 Å². The lowest BCUT2D eigenvalue weighted by Crippen LogP contribution is -1.88. The van der Waals surface area contributed by atoms with Gasteiger partial charge < -0.3 is 4.42 Å². The number of fused-ring (bicyclic) bond motifs is 1. The third kappa shape index (κ3) is 0.916. The average Bonchev–Trinajstić information content (AvgIpc) is 2.54. The summed E-state index contributed by atoms with van der Waals surface area (Å²) in [6, 6.07) is 1.98. The van der Waals surface area contributed by atoms with Crippen LogP contribution < -0.4 is 0 Å². The molecule has 0 bridgehead atoms. The van der Waals surface area contributed by atoms with Crippen LogP contribution in [0.25, 0.3) is 11.0 Å². The van der Waals surface area contributed by atoms with Gasteiger partial charge in [0.25, 0.3) is 0 Å². The van der Waals surface area contributed by atoms with Gasteiger partial charge in [0.1, 0.15) is 5.58 Å². The maximum absolute atomic E-state index is 5.35. The molecule has 0 saturated carbocycles. The summed E-state index contributed by atoms with van der Waals surface area (Å²) < 4.78 is 5.35. The Kier molecular flexibility index (Phi) is 1.61. The summed E-state index contributed by atoms with van der Waals surface area (Å²) in [4.78, 5) is 4.34. The summed E-state index contributed by atoms with van der Waals surface area (Å²) in [6.45, 7) is 4.11. The summed E-state index contributed by atoms with van der Waals surface area (Å²) in [5, 5.41) is 1.15. The minimum atomic E-state index is 0.955. The van der Waals surface area contributed by atoms with Crippen LogP contribution in [0.4, 0.5) is 0 Å². The second-order valence-electron chi connectivity index (χ2n) is 2.90. The number of hydrogen-bond donors (Lipinski definition) is 0. The molecule has 0 aliphatic carbocycles. The predicted octanol–water partition coefficient (Wildman–Crippen LogP) is 2.70. The lowest BCUT2D eigenvalue weighted by atomic mass is 10.1. The van der Waals surface area contributed by atoms with Crippen molar-refractivity contribution in [2.45, 2.75) is 20.3 Å². The minimum Gasteiger partial charge on any atom is -0.464 e. The Bertz CT molecular complexity index is 403. The molecule has 0 radical (unpaired) electrons. The number of aryl methyl sites for hydroxylation is 2. The highest BCUT2D eigenvalue weighted by atomic mass is 16.3. The highest BCUT2D eigenvalue weighted by Gasteiger charge is 2.05. The van der Waals surface area contributed by atoms with Crippen molar-refractivity contribution in [1.29, 1.82) is 0 Å². The van der Waals surface area contributed by atoms with E-state index in [4.69, 9.17) is 4.42 Å². The van der Waals surface area contributed by atoms with Crippen LogP contribution in [0, 0.1) is 6.92 Å². The normalized spacial score (nSPS) is 10.8. The average molecular weight is 161 g/mol. The van der Waals surface area contributed by atoms with Gasteiger partial charge in [0.15, 0.2) is 0 Å². The van der Waals surface area contributed by atoms with Crippen molar-refractivity contribution in [3.05, 3.63) is 29.8 Å². The van der Waals surface area contributed by atoms with Gasteiger partial charge in [-0.1, -0.05) is 6.92 Å². The Morgan fingerprint density at radius 2 is 2.33 bits per heavy atom. The predicted molar refractivity (Wildman–Crippen MR) is 48.1 cm³/mol. The van der Waals surface area contributed by atoms with Crippen LogP contribution >= 0.6 is 0 Å². The Morgan fingerprint density at radius 1 is 1.50 bits per heavy atom. The van der Waals surface area contributed by atoms with E-state index in [0.29, 0.717) is 0 Å². The van der Waals surface area contributed by atoms with Crippen LogP contribution in [0.5, 0.6) is 0 Å². The fourth-order valence-electron chi connectivity index (χ4n) is 1.43. The number of furan rings is 1. The largest absolute Gasteiger partial charge is 0.464 e. The van der Waals surface area contributed by atoms with E-state index >= 15 is 0 Å². The Labute approximate surface area is 71.2 Å². The second kappa shape index (κ2) is 2.63. The zero-order valence-electron chi connectivity index (χ0n) is 7.29. The zero-order chi connectivity index (χ0) is 8.55. The van der Waals surface area contributed by atoms with Crippen molar-refractivity contribution < 1.29 is 4.42 Å². The molecule has 2 rings (SSSR count). The molecule has 0 aliphatic rings. The van der Waals surface area contributed by atoms with Gasteiger partial charge in [-0.05, 0) is 19.4 Å². The molecule has 0 N–H and O–H groups in total. The van der Waals surface area contributed by atoms with E-state index in [1.807, 2.05) is 19.2 Å². The molecule has 0 aromatic carbocycles. The Hall–Kier alpha value is -1.31. The molecule has 0 saturated heterocycles. The summed E-state index contributed by atoms with van der Waals surface area (Å²) in [6.07, 6.45) is 4.54. The van der Waals surface area contributed by atoms with Gasteiger partial charge in [-0.25, -0.2) is 0 Å². The highest BCUT2D eigenvalue weighted by Crippen LogP contribution is 2.21. The molecule has 2 heterocycles. The molecular weight excluding hydrogens is 150 g/mol. The van der Waals surface area contributed by atoms with Crippen molar-refractivity contribution in [1.82, 2.24) is 4.98 Å². The van der Waals surface area contributed by atoms with E-state index in [0.717, 1.165) is 28.6 Å². The molecule has 2 aromatic heterocycles. The smallest absolute Gasteiger partial charge is 0.140 e. The molecule has 2 nitrogen and oxygen atoms in total. The van der Waals surface area contributed by atoms with Gasteiger partial charge in [-0.15, -0.1) is 0 Å². The van der Waals surface area contributed by atoms with Crippen LogP contribution in [0.2, 0.25) is 0 Å². The fraction of sp³-hybridized carbons (Fsp3) is 0.300. The van der Waals surface area contributed by atoms with Gasteiger partial charge in [0, 0.05) is 17.1 Å². The monoisotopic (exact) mass is 161 g/mol. The molecule has 0 aliphatic heterocycles. The highest BCUT2D eigenvalue weighted by molar-refractivity contribution is 5.82. The van der Waals surface area contributed by atoms with Gasteiger partial charge in [-0.2, -0.15) is 0 Å². The number of rotatable bonds is 1. The summed E-state index contributed by atoms with van der Waals surface area (Å²) in [5.74, 6) is 0. The van der Waals surface area contributed by atoms with Crippen LogP contribution in [0.1, 0.15) is 18.2 Å². The molecule has 0 fully saturated rings. The van der Waals surface area contributed by atoms with Crippen molar-refractivity contribution in [3.8, 4) is 0 Å². The molecule has 0 unspecified atom stereocenters. The van der Waals surface area contributed by atoms with E-state index in [1.54, 1.807) is 6.26 Å². The van der Waals surface area contributed by atoms with Gasteiger partial charge >= 0.3 is 0 Å². The molecule has 0 amide bonds. The molecule has 2 aromatic rings. The molecule has 62 valence electrons. The summed E-state index contributed by atoms with van der Waals surface area (Å²) in [7, 11) is 0. The third-order valence-corrected chi connectivity index (χ3v) is 2.08. The van der Waals surface area contributed by atoms with Crippen LogP contribution in [0.3, 0.4) is 0 Å². The third-order valence-electron chi connectivity index (χ3n) is 2.08. The van der Waals surface area contributed by atoms with Crippen LogP contribution in [-0.2, 0) is 6.42 Å². The standard InChI is InChI=1S/C10H11NO/c1-3-9-8-4-5-12-10(8)7(2)6-11-9/h4-6H,3H2,1-2H3. The summed E-state index contributed by atoms with van der Waals surface area (Å²) in [5.41, 5.74) is 3.19. The minimum absolute atomic E-state index is 0.955.